The number of nitrogens with zero attached hydrogens (tertiary/aromatic N) is 1. The van der Waals surface area contributed by atoms with Crippen molar-refractivity contribution in [2.45, 2.75) is 37.7 Å². The van der Waals surface area contributed by atoms with Gasteiger partial charge in [-0.15, -0.1) is 0 Å². The van der Waals surface area contributed by atoms with Crippen molar-refractivity contribution < 1.29 is 5.11 Å². The van der Waals surface area contributed by atoms with Crippen molar-refractivity contribution in [2.24, 2.45) is 17.3 Å². The Bertz CT molecular complexity index is 316. The Labute approximate surface area is 90.5 Å². The zero-order chi connectivity index (χ0) is 10.5. The summed E-state index contributed by atoms with van der Waals surface area (Å²) in [6, 6.07) is 2.50. The highest BCUT2D eigenvalue weighted by atomic mass is 16.3. The molecule has 3 heteroatoms. The Morgan fingerprint density at radius 3 is 2.73 bits per heavy atom. The summed E-state index contributed by atoms with van der Waals surface area (Å²) in [6.07, 6.45) is 5.30. The molecule has 3 nitrogen and oxygen atoms in total. The summed E-state index contributed by atoms with van der Waals surface area (Å²) in [4.78, 5) is 0. The van der Waals surface area contributed by atoms with Gasteiger partial charge in [-0.3, -0.25) is 0 Å². The van der Waals surface area contributed by atoms with E-state index < -0.39 is 11.0 Å². The number of hydrogen-bond acceptors (Lipinski definition) is 3. The SMILES string of the molecule is N#CC1(C2(O)CCNC2)CC2CCC1C2. The third kappa shape index (κ3) is 1.07. The minimum Gasteiger partial charge on any atom is -0.387 e. The lowest BCUT2D eigenvalue weighted by Crippen LogP contribution is -2.52. The molecule has 2 bridgehead atoms. The fraction of sp³-hybridized carbons (Fsp3) is 0.917. The van der Waals surface area contributed by atoms with E-state index in [1.807, 2.05) is 0 Å². The fourth-order valence-corrected chi connectivity index (χ4v) is 4.20. The average Bonchev–Trinajstić information content (AvgIpc) is 2.91. The third-order valence-corrected chi connectivity index (χ3v) is 5.01. The van der Waals surface area contributed by atoms with Crippen LogP contribution in [0, 0.1) is 28.6 Å². The van der Waals surface area contributed by atoms with Crippen molar-refractivity contribution in [3.05, 3.63) is 0 Å². The molecule has 0 radical (unpaired) electrons. The van der Waals surface area contributed by atoms with Gasteiger partial charge in [0, 0.05) is 6.54 Å². The number of nitriles is 1. The molecule has 4 unspecified atom stereocenters. The minimum absolute atomic E-state index is 0.431. The van der Waals surface area contributed by atoms with Crippen molar-refractivity contribution in [3.8, 4) is 6.07 Å². The molecule has 3 fully saturated rings. The molecule has 3 aliphatic rings. The lowest BCUT2D eigenvalue weighted by molar-refractivity contribution is -0.0657. The van der Waals surface area contributed by atoms with Gasteiger partial charge in [0.1, 0.15) is 0 Å². The van der Waals surface area contributed by atoms with Crippen LogP contribution in [0.4, 0.5) is 0 Å². The summed E-state index contributed by atoms with van der Waals surface area (Å²) in [7, 11) is 0. The number of nitrogens with one attached hydrogen (secondary N) is 1. The second kappa shape index (κ2) is 2.96. The van der Waals surface area contributed by atoms with E-state index in [0.29, 0.717) is 18.4 Å². The lowest BCUT2D eigenvalue weighted by atomic mass is 9.63. The van der Waals surface area contributed by atoms with Crippen LogP contribution in [0.15, 0.2) is 0 Å². The Morgan fingerprint density at radius 1 is 1.40 bits per heavy atom. The van der Waals surface area contributed by atoms with Crippen molar-refractivity contribution in [2.75, 3.05) is 13.1 Å². The first-order valence-corrected chi connectivity index (χ1v) is 6.04. The lowest BCUT2D eigenvalue weighted by Gasteiger charge is -2.42. The molecule has 0 aromatic carbocycles. The Kier molecular flexibility index (Phi) is 1.90. The van der Waals surface area contributed by atoms with Gasteiger partial charge in [0.15, 0.2) is 0 Å². The van der Waals surface area contributed by atoms with E-state index in [4.69, 9.17) is 0 Å². The quantitative estimate of drug-likeness (QED) is 0.674. The maximum absolute atomic E-state index is 10.7. The molecule has 0 amide bonds. The predicted octanol–water partition coefficient (Wildman–Crippen LogP) is 1.04. The van der Waals surface area contributed by atoms with Crippen molar-refractivity contribution in [1.29, 1.82) is 5.26 Å². The molecule has 82 valence electrons. The van der Waals surface area contributed by atoms with E-state index in [-0.39, 0.29) is 0 Å². The van der Waals surface area contributed by atoms with Crippen LogP contribution >= 0.6 is 0 Å². The molecule has 0 aromatic heterocycles. The molecule has 4 atom stereocenters. The molecular formula is C12H18N2O. The number of rotatable bonds is 1. The van der Waals surface area contributed by atoms with Gasteiger partial charge < -0.3 is 10.4 Å². The molecule has 2 saturated carbocycles. The molecule has 2 aliphatic carbocycles. The van der Waals surface area contributed by atoms with E-state index in [2.05, 4.69) is 11.4 Å². The normalized spacial score (nSPS) is 53.3. The maximum atomic E-state index is 10.7. The maximum Gasteiger partial charge on any atom is 0.0971 e. The zero-order valence-corrected chi connectivity index (χ0v) is 9.00. The van der Waals surface area contributed by atoms with Crippen LogP contribution in [-0.2, 0) is 0 Å². The van der Waals surface area contributed by atoms with Gasteiger partial charge in [-0.1, -0.05) is 6.42 Å². The number of β-amino-alcohol motifs (C(OH)–C–C–N with tert-alkyl or cyclic N) is 1. The number of hydrogen-bond donors (Lipinski definition) is 2. The Morgan fingerprint density at radius 2 is 2.27 bits per heavy atom. The first-order chi connectivity index (χ1) is 7.20. The first kappa shape index (κ1) is 9.62. The van der Waals surface area contributed by atoms with Gasteiger partial charge in [0.25, 0.3) is 0 Å². The van der Waals surface area contributed by atoms with Crippen molar-refractivity contribution in [1.82, 2.24) is 5.32 Å². The monoisotopic (exact) mass is 206 g/mol. The summed E-state index contributed by atoms with van der Waals surface area (Å²) in [5.74, 6) is 1.16. The summed E-state index contributed by atoms with van der Waals surface area (Å²) in [6.45, 7) is 1.47. The summed E-state index contributed by atoms with van der Waals surface area (Å²) < 4.78 is 0. The third-order valence-electron chi connectivity index (χ3n) is 5.01. The molecule has 15 heavy (non-hydrogen) atoms. The highest BCUT2D eigenvalue weighted by Crippen LogP contribution is 2.61. The topological polar surface area (TPSA) is 56.0 Å². The molecule has 1 saturated heterocycles. The van der Waals surface area contributed by atoms with Gasteiger partial charge >= 0.3 is 0 Å². The second-order valence-electron chi connectivity index (χ2n) is 5.62. The van der Waals surface area contributed by atoms with Crippen molar-refractivity contribution >= 4 is 0 Å². The molecule has 0 aromatic rings. The Balaban J connectivity index is 1.97. The van der Waals surface area contributed by atoms with E-state index in [1.54, 1.807) is 0 Å². The minimum atomic E-state index is -0.748. The molecule has 1 aliphatic heterocycles. The molecule has 2 N–H and O–H groups in total. The van der Waals surface area contributed by atoms with Gasteiger partial charge in [-0.25, -0.2) is 0 Å². The van der Waals surface area contributed by atoms with E-state index in [0.717, 1.165) is 25.8 Å². The van der Waals surface area contributed by atoms with Crippen LogP contribution in [0.3, 0.4) is 0 Å². The summed E-state index contributed by atoms with van der Waals surface area (Å²) in [5.41, 5.74) is -1.18. The summed E-state index contributed by atoms with van der Waals surface area (Å²) in [5, 5.41) is 23.4. The largest absolute Gasteiger partial charge is 0.387 e. The van der Waals surface area contributed by atoms with Crippen LogP contribution < -0.4 is 5.32 Å². The van der Waals surface area contributed by atoms with Crippen LogP contribution in [0.1, 0.15) is 32.1 Å². The first-order valence-electron chi connectivity index (χ1n) is 6.04. The molecule has 0 spiro atoms. The van der Waals surface area contributed by atoms with Crippen LogP contribution in [0.25, 0.3) is 0 Å². The van der Waals surface area contributed by atoms with E-state index >= 15 is 0 Å². The molecule has 3 rings (SSSR count). The van der Waals surface area contributed by atoms with Gasteiger partial charge in [-0.05, 0) is 44.1 Å². The predicted molar refractivity (Wildman–Crippen MR) is 55.9 cm³/mol. The van der Waals surface area contributed by atoms with Crippen LogP contribution in [0.2, 0.25) is 0 Å². The van der Waals surface area contributed by atoms with Gasteiger partial charge in [0.05, 0.1) is 17.1 Å². The van der Waals surface area contributed by atoms with Crippen LogP contribution in [-0.4, -0.2) is 23.8 Å². The zero-order valence-electron chi connectivity index (χ0n) is 9.00. The van der Waals surface area contributed by atoms with E-state index in [1.165, 1.54) is 12.8 Å². The summed E-state index contributed by atoms with van der Waals surface area (Å²) >= 11 is 0. The second-order valence-corrected chi connectivity index (χ2v) is 5.62. The standard InChI is InChI=1S/C12H18N2O/c13-7-11(12(15)3-4-14-8-12)6-9-1-2-10(11)5-9/h9-10,14-15H,1-6,8H2. The van der Waals surface area contributed by atoms with Crippen LogP contribution in [0.5, 0.6) is 0 Å². The average molecular weight is 206 g/mol. The number of fused-ring (bicyclic) bond motifs is 2. The van der Waals surface area contributed by atoms with Crippen molar-refractivity contribution in [3.63, 3.8) is 0 Å². The highest BCUT2D eigenvalue weighted by molar-refractivity contribution is 5.21. The molecular weight excluding hydrogens is 188 g/mol. The Hall–Kier alpha value is -0.590. The fourth-order valence-electron chi connectivity index (χ4n) is 4.20. The van der Waals surface area contributed by atoms with Gasteiger partial charge in [0.2, 0.25) is 0 Å². The highest BCUT2D eigenvalue weighted by Gasteiger charge is 2.62. The smallest absolute Gasteiger partial charge is 0.0971 e. The van der Waals surface area contributed by atoms with E-state index in [9.17, 15) is 10.4 Å². The van der Waals surface area contributed by atoms with Gasteiger partial charge in [-0.2, -0.15) is 5.26 Å². The number of aliphatic hydroxyl groups is 1. The molecule has 1 heterocycles.